The van der Waals surface area contributed by atoms with Crippen LogP contribution < -0.4 is 0 Å². The van der Waals surface area contributed by atoms with Crippen molar-refractivity contribution < 1.29 is 4.21 Å². The molecule has 82 valence electrons. The monoisotopic (exact) mass is 253 g/mol. The van der Waals surface area contributed by atoms with E-state index in [-0.39, 0.29) is 5.25 Å². The molecule has 0 amide bonds. The fourth-order valence-corrected chi connectivity index (χ4v) is 3.35. The second kappa shape index (κ2) is 4.73. The van der Waals surface area contributed by atoms with Gasteiger partial charge in [-0.15, -0.1) is 0 Å². The Morgan fingerprint density at radius 1 is 1.62 bits per heavy atom. The number of rotatable bonds is 1. The second-order valence-corrected chi connectivity index (χ2v) is 5.36. The lowest BCUT2D eigenvalue weighted by Crippen LogP contribution is -2.08. The summed E-state index contributed by atoms with van der Waals surface area (Å²) in [5.74, 6) is 0.549. The highest BCUT2D eigenvalue weighted by Crippen LogP contribution is 2.29. The van der Waals surface area contributed by atoms with Crippen molar-refractivity contribution in [3.63, 3.8) is 0 Å². The molecule has 1 fully saturated rings. The van der Waals surface area contributed by atoms with Crippen LogP contribution in [0.15, 0.2) is 23.3 Å². The Hall–Kier alpha value is -1.25. The summed E-state index contributed by atoms with van der Waals surface area (Å²) in [6.45, 7) is 0. The Morgan fingerprint density at radius 2 is 2.44 bits per heavy atom. The normalized spacial score (nSPS) is 26.9. The van der Waals surface area contributed by atoms with Crippen LogP contribution in [0.3, 0.4) is 0 Å². The van der Waals surface area contributed by atoms with Gasteiger partial charge in [-0.05, 0) is 18.1 Å². The van der Waals surface area contributed by atoms with Crippen LogP contribution in [0.1, 0.15) is 17.2 Å². The smallest absolute Gasteiger partial charge is 0.205 e. The molecule has 0 bridgehead atoms. The number of nitrogens with zero attached hydrogens (tertiary/aromatic N) is 3. The second-order valence-electron chi connectivity index (χ2n) is 3.33. The van der Waals surface area contributed by atoms with E-state index in [4.69, 9.17) is 16.9 Å². The van der Waals surface area contributed by atoms with Crippen LogP contribution >= 0.6 is 11.6 Å². The van der Waals surface area contributed by atoms with Gasteiger partial charge in [-0.2, -0.15) is 10.3 Å². The summed E-state index contributed by atoms with van der Waals surface area (Å²) in [5, 5.41) is 8.64. The highest BCUT2D eigenvalue weighted by atomic mass is 35.5. The number of aliphatic imine (C=N–C) groups is 1. The van der Waals surface area contributed by atoms with Crippen molar-refractivity contribution in [1.29, 1.82) is 5.26 Å². The predicted molar refractivity (Wildman–Crippen MR) is 62.7 cm³/mol. The van der Waals surface area contributed by atoms with E-state index in [1.165, 1.54) is 0 Å². The molecule has 0 spiro atoms. The third-order valence-electron chi connectivity index (χ3n) is 2.37. The van der Waals surface area contributed by atoms with Crippen LogP contribution in [-0.2, 0) is 10.8 Å². The van der Waals surface area contributed by atoms with E-state index in [0.29, 0.717) is 23.0 Å². The SMILES string of the molecule is N#CN=C1CCS(=O)C1c1ccc(Cl)nc1. The summed E-state index contributed by atoms with van der Waals surface area (Å²) in [6.07, 6.45) is 3.94. The first-order chi connectivity index (χ1) is 7.72. The van der Waals surface area contributed by atoms with Gasteiger partial charge < -0.3 is 0 Å². The van der Waals surface area contributed by atoms with Gasteiger partial charge in [0.1, 0.15) is 10.4 Å². The maximum absolute atomic E-state index is 11.8. The van der Waals surface area contributed by atoms with Crippen molar-refractivity contribution in [3.8, 4) is 6.19 Å². The van der Waals surface area contributed by atoms with Gasteiger partial charge in [0, 0.05) is 22.7 Å². The van der Waals surface area contributed by atoms with E-state index in [2.05, 4.69) is 9.98 Å². The van der Waals surface area contributed by atoms with Gasteiger partial charge in [-0.1, -0.05) is 17.7 Å². The van der Waals surface area contributed by atoms with Crippen LogP contribution in [0.4, 0.5) is 0 Å². The Balaban J connectivity index is 2.38. The van der Waals surface area contributed by atoms with Crippen molar-refractivity contribution in [2.24, 2.45) is 4.99 Å². The molecule has 16 heavy (non-hydrogen) atoms. The minimum atomic E-state index is -1.01. The molecular weight excluding hydrogens is 246 g/mol. The lowest BCUT2D eigenvalue weighted by molar-refractivity contribution is 0.683. The Labute approximate surface area is 100 Å². The van der Waals surface area contributed by atoms with Crippen molar-refractivity contribution in [2.45, 2.75) is 11.7 Å². The Morgan fingerprint density at radius 3 is 3.06 bits per heavy atom. The molecule has 0 N–H and O–H groups in total. The molecule has 0 aromatic carbocycles. The van der Waals surface area contributed by atoms with Gasteiger partial charge in [0.05, 0.1) is 5.71 Å². The molecule has 1 aromatic heterocycles. The lowest BCUT2D eigenvalue weighted by Gasteiger charge is -2.08. The van der Waals surface area contributed by atoms with Crippen LogP contribution in [0.25, 0.3) is 0 Å². The van der Waals surface area contributed by atoms with E-state index in [1.54, 1.807) is 24.5 Å². The number of hydrogen-bond acceptors (Lipinski definition) is 4. The standard InChI is InChI=1S/C10H8ClN3OS/c11-9-2-1-7(5-13-9)10-8(14-6-12)3-4-16(10)15/h1-2,5,10H,3-4H2. The highest BCUT2D eigenvalue weighted by molar-refractivity contribution is 7.86. The molecule has 0 radical (unpaired) electrons. The predicted octanol–water partition coefficient (Wildman–Crippen LogP) is 1.85. The molecule has 2 unspecified atom stereocenters. The Kier molecular flexibility index (Phi) is 3.32. The number of pyridine rings is 1. The molecule has 1 aliphatic heterocycles. The molecule has 2 rings (SSSR count). The van der Waals surface area contributed by atoms with E-state index in [1.807, 2.05) is 0 Å². The minimum absolute atomic E-state index is 0.301. The van der Waals surface area contributed by atoms with Gasteiger partial charge in [-0.25, -0.2) is 4.98 Å². The summed E-state index contributed by atoms with van der Waals surface area (Å²) < 4.78 is 11.8. The molecule has 1 aromatic rings. The van der Waals surface area contributed by atoms with Crippen molar-refractivity contribution >= 4 is 28.1 Å². The van der Waals surface area contributed by atoms with Crippen LogP contribution in [0, 0.1) is 11.5 Å². The molecular formula is C10H8ClN3OS. The zero-order chi connectivity index (χ0) is 11.5. The summed E-state index contributed by atoms with van der Waals surface area (Å²) in [7, 11) is -1.01. The molecule has 0 saturated carbocycles. The molecule has 1 saturated heterocycles. The molecule has 6 heteroatoms. The van der Waals surface area contributed by atoms with E-state index < -0.39 is 10.8 Å². The van der Waals surface area contributed by atoms with Gasteiger partial charge in [0.2, 0.25) is 6.19 Å². The molecule has 2 atom stereocenters. The van der Waals surface area contributed by atoms with Gasteiger partial charge >= 0.3 is 0 Å². The van der Waals surface area contributed by atoms with Gasteiger partial charge in [-0.3, -0.25) is 4.21 Å². The van der Waals surface area contributed by atoms with Crippen molar-refractivity contribution in [1.82, 2.24) is 4.98 Å². The van der Waals surface area contributed by atoms with E-state index in [9.17, 15) is 4.21 Å². The minimum Gasteiger partial charge on any atom is -0.259 e. The maximum atomic E-state index is 11.8. The van der Waals surface area contributed by atoms with E-state index >= 15 is 0 Å². The largest absolute Gasteiger partial charge is 0.259 e. The zero-order valence-electron chi connectivity index (χ0n) is 8.26. The van der Waals surface area contributed by atoms with Gasteiger partial charge in [0.25, 0.3) is 0 Å². The molecule has 1 aliphatic rings. The third-order valence-corrected chi connectivity index (χ3v) is 4.27. The zero-order valence-corrected chi connectivity index (χ0v) is 9.83. The number of halogens is 1. The summed E-state index contributed by atoms with van der Waals surface area (Å²) in [4.78, 5) is 7.67. The number of aromatic nitrogens is 1. The fourth-order valence-electron chi connectivity index (χ4n) is 1.67. The number of nitriles is 1. The van der Waals surface area contributed by atoms with Crippen LogP contribution in [0.2, 0.25) is 5.15 Å². The van der Waals surface area contributed by atoms with Crippen LogP contribution in [0.5, 0.6) is 0 Å². The van der Waals surface area contributed by atoms with E-state index in [0.717, 1.165) is 5.56 Å². The first-order valence-corrected chi connectivity index (χ1v) is 6.42. The van der Waals surface area contributed by atoms with Crippen molar-refractivity contribution in [2.75, 3.05) is 5.75 Å². The summed E-state index contributed by atoms with van der Waals surface area (Å²) >= 11 is 5.68. The quantitative estimate of drug-likeness (QED) is 0.567. The lowest BCUT2D eigenvalue weighted by atomic mass is 10.1. The topological polar surface area (TPSA) is 66.1 Å². The van der Waals surface area contributed by atoms with Crippen LogP contribution in [-0.4, -0.2) is 20.7 Å². The van der Waals surface area contributed by atoms with Gasteiger partial charge in [0.15, 0.2) is 0 Å². The maximum Gasteiger partial charge on any atom is 0.205 e. The summed E-state index contributed by atoms with van der Waals surface area (Å²) in [5.41, 5.74) is 1.47. The average molecular weight is 254 g/mol. The molecule has 4 nitrogen and oxygen atoms in total. The Bertz CT molecular complexity index is 492. The first-order valence-electron chi connectivity index (χ1n) is 4.66. The first kappa shape index (κ1) is 11.2. The molecule has 0 aliphatic carbocycles. The van der Waals surface area contributed by atoms with Crippen molar-refractivity contribution in [3.05, 3.63) is 29.0 Å². The fraction of sp³-hybridized carbons (Fsp3) is 0.300. The number of hydrogen-bond donors (Lipinski definition) is 0. The average Bonchev–Trinajstić information content (AvgIpc) is 2.62. The summed E-state index contributed by atoms with van der Waals surface area (Å²) in [6, 6.07) is 3.42. The third kappa shape index (κ3) is 2.13. The molecule has 2 heterocycles. The highest BCUT2D eigenvalue weighted by Gasteiger charge is 2.31.